The lowest BCUT2D eigenvalue weighted by atomic mass is 10.1. The molecule has 0 radical (unpaired) electrons. The van der Waals surface area contributed by atoms with E-state index in [0.29, 0.717) is 18.0 Å². The number of carbonyl (C=O) groups excluding carboxylic acids is 1. The van der Waals surface area contributed by atoms with E-state index in [2.05, 4.69) is 10.6 Å². The lowest BCUT2D eigenvalue weighted by molar-refractivity contribution is 0.236. The van der Waals surface area contributed by atoms with Crippen molar-refractivity contribution in [2.75, 3.05) is 19.7 Å². The quantitative estimate of drug-likeness (QED) is 0.747. The summed E-state index contributed by atoms with van der Waals surface area (Å²) in [7, 11) is 0. The van der Waals surface area contributed by atoms with E-state index >= 15 is 0 Å². The number of hydrogen-bond acceptors (Lipinski definition) is 2. The Morgan fingerprint density at radius 2 is 1.83 bits per heavy atom. The van der Waals surface area contributed by atoms with Crippen molar-refractivity contribution < 1.29 is 18.3 Å². The van der Waals surface area contributed by atoms with Gasteiger partial charge in [0, 0.05) is 17.6 Å². The normalized spacial score (nSPS) is 10.3. The highest BCUT2D eigenvalue weighted by molar-refractivity contribution is 6.30. The van der Waals surface area contributed by atoms with Crippen molar-refractivity contribution in [3.05, 3.63) is 64.7 Å². The van der Waals surface area contributed by atoms with Gasteiger partial charge in [0.15, 0.2) is 11.6 Å². The first kappa shape index (κ1) is 18.0. The number of benzene rings is 2. The molecule has 4 nitrogen and oxygen atoms in total. The maximum absolute atomic E-state index is 13.0. The predicted molar refractivity (Wildman–Crippen MR) is 88.4 cm³/mol. The van der Waals surface area contributed by atoms with Gasteiger partial charge in [-0.15, -0.1) is 0 Å². The second kappa shape index (κ2) is 9.08. The van der Waals surface area contributed by atoms with Gasteiger partial charge in [-0.25, -0.2) is 13.6 Å². The molecule has 0 aliphatic carbocycles. The highest BCUT2D eigenvalue weighted by atomic mass is 35.5. The molecule has 7 heteroatoms. The predicted octanol–water partition coefficient (Wildman–Crippen LogP) is 3.54. The largest absolute Gasteiger partial charge is 0.492 e. The van der Waals surface area contributed by atoms with E-state index in [1.54, 1.807) is 6.07 Å². The average Bonchev–Trinajstić information content (AvgIpc) is 2.55. The molecule has 0 spiro atoms. The van der Waals surface area contributed by atoms with E-state index in [1.165, 1.54) is 6.07 Å². The van der Waals surface area contributed by atoms with Crippen LogP contribution in [-0.4, -0.2) is 25.7 Å². The molecule has 0 aliphatic heterocycles. The van der Waals surface area contributed by atoms with E-state index in [1.807, 2.05) is 18.2 Å². The van der Waals surface area contributed by atoms with Gasteiger partial charge in [0.2, 0.25) is 0 Å². The Labute approximate surface area is 143 Å². The van der Waals surface area contributed by atoms with Gasteiger partial charge in [0.05, 0.1) is 6.54 Å². The number of halogens is 3. The van der Waals surface area contributed by atoms with Crippen LogP contribution < -0.4 is 15.4 Å². The molecule has 2 amide bonds. The van der Waals surface area contributed by atoms with Crippen LogP contribution in [0.5, 0.6) is 5.75 Å². The van der Waals surface area contributed by atoms with E-state index in [-0.39, 0.29) is 24.9 Å². The van der Waals surface area contributed by atoms with Gasteiger partial charge in [-0.1, -0.05) is 23.7 Å². The van der Waals surface area contributed by atoms with E-state index in [4.69, 9.17) is 16.3 Å². The zero-order valence-electron chi connectivity index (χ0n) is 12.8. The van der Waals surface area contributed by atoms with Gasteiger partial charge in [-0.05, 0) is 36.2 Å². The van der Waals surface area contributed by atoms with Crippen molar-refractivity contribution in [3.8, 4) is 5.75 Å². The standard InChI is InChI=1S/C17H17ClF2N2O2/c18-13-3-1-2-12(10-13)6-7-21-17(23)22-8-9-24-14-4-5-15(19)16(20)11-14/h1-5,10-11H,6-9H2,(H2,21,22,23). The maximum atomic E-state index is 13.0. The fourth-order valence-electron chi connectivity index (χ4n) is 1.98. The third-order valence-electron chi connectivity index (χ3n) is 3.14. The Morgan fingerprint density at radius 3 is 2.58 bits per heavy atom. The summed E-state index contributed by atoms with van der Waals surface area (Å²) in [4.78, 5) is 11.6. The van der Waals surface area contributed by atoms with Gasteiger partial charge in [0.1, 0.15) is 12.4 Å². The van der Waals surface area contributed by atoms with Crippen LogP contribution in [0.15, 0.2) is 42.5 Å². The number of nitrogens with one attached hydrogen (secondary N) is 2. The van der Waals surface area contributed by atoms with Gasteiger partial charge < -0.3 is 15.4 Å². The SMILES string of the molecule is O=C(NCCOc1ccc(F)c(F)c1)NCCc1cccc(Cl)c1. The zero-order chi connectivity index (χ0) is 17.4. The fraction of sp³-hybridized carbons (Fsp3) is 0.235. The summed E-state index contributed by atoms with van der Waals surface area (Å²) in [6.45, 7) is 0.852. The summed E-state index contributed by atoms with van der Waals surface area (Å²) < 4.78 is 30.9. The molecule has 0 aromatic heterocycles. The lowest BCUT2D eigenvalue weighted by Crippen LogP contribution is -2.38. The van der Waals surface area contributed by atoms with Crippen molar-refractivity contribution in [1.82, 2.24) is 10.6 Å². The molecule has 0 fully saturated rings. The molecule has 128 valence electrons. The van der Waals surface area contributed by atoms with Crippen molar-refractivity contribution >= 4 is 17.6 Å². The molecule has 2 aromatic carbocycles. The van der Waals surface area contributed by atoms with Crippen LogP contribution in [0.4, 0.5) is 13.6 Å². The zero-order valence-corrected chi connectivity index (χ0v) is 13.6. The van der Waals surface area contributed by atoms with Crippen LogP contribution in [0.2, 0.25) is 5.02 Å². The average molecular weight is 355 g/mol. The van der Waals surface area contributed by atoms with Crippen LogP contribution in [0, 0.1) is 11.6 Å². The monoisotopic (exact) mass is 354 g/mol. The Bertz CT molecular complexity index is 698. The Balaban J connectivity index is 1.60. The molecule has 0 saturated carbocycles. The Hall–Kier alpha value is -2.34. The first-order valence-electron chi connectivity index (χ1n) is 7.38. The minimum atomic E-state index is -0.973. The second-order valence-corrected chi connectivity index (χ2v) is 5.42. The van der Waals surface area contributed by atoms with E-state index in [9.17, 15) is 13.6 Å². The molecule has 0 saturated heterocycles. The summed E-state index contributed by atoms with van der Waals surface area (Å²) >= 11 is 5.88. The first-order chi connectivity index (χ1) is 11.5. The molecule has 0 atom stereocenters. The Morgan fingerprint density at radius 1 is 1.04 bits per heavy atom. The summed E-state index contributed by atoms with van der Waals surface area (Å²) in [5, 5.41) is 5.97. The number of urea groups is 1. The summed E-state index contributed by atoms with van der Waals surface area (Å²) in [6, 6.07) is 10.4. The second-order valence-electron chi connectivity index (χ2n) is 4.99. The van der Waals surface area contributed by atoms with Crippen LogP contribution in [0.3, 0.4) is 0 Å². The molecular weight excluding hydrogens is 338 g/mol. The molecule has 2 N–H and O–H groups in total. The smallest absolute Gasteiger partial charge is 0.314 e. The molecule has 0 unspecified atom stereocenters. The third kappa shape index (κ3) is 6.04. The number of carbonyl (C=O) groups is 1. The van der Waals surface area contributed by atoms with Gasteiger partial charge in [0.25, 0.3) is 0 Å². The van der Waals surface area contributed by atoms with Crippen molar-refractivity contribution in [1.29, 1.82) is 0 Å². The molecule has 24 heavy (non-hydrogen) atoms. The van der Waals surface area contributed by atoms with Crippen LogP contribution in [0.1, 0.15) is 5.56 Å². The number of amides is 2. The number of rotatable bonds is 7. The Kier molecular flexibility index (Phi) is 6.81. The van der Waals surface area contributed by atoms with E-state index < -0.39 is 11.6 Å². The third-order valence-corrected chi connectivity index (χ3v) is 3.37. The summed E-state index contributed by atoms with van der Waals surface area (Å²) in [6.07, 6.45) is 0.666. The topological polar surface area (TPSA) is 50.4 Å². The van der Waals surface area contributed by atoms with Gasteiger partial charge in [-0.2, -0.15) is 0 Å². The molecule has 2 aromatic rings. The minimum Gasteiger partial charge on any atom is -0.492 e. The summed E-state index contributed by atoms with van der Waals surface area (Å²) in [5.74, 6) is -1.70. The minimum absolute atomic E-state index is 0.146. The summed E-state index contributed by atoms with van der Waals surface area (Å²) in [5.41, 5.74) is 1.03. The van der Waals surface area contributed by atoms with Crippen LogP contribution in [0.25, 0.3) is 0 Å². The lowest BCUT2D eigenvalue weighted by Gasteiger charge is -2.09. The van der Waals surface area contributed by atoms with Crippen LogP contribution >= 0.6 is 11.6 Å². The fourth-order valence-corrected chi connectivity index (χ4v) is 2.19. The van der Waals surface area contributed by atoms with E-state index in [0.717, 1.165) is 17.7 Å². The van der Waals surface area contributed by atoms with Crippen molar-refractivity contribution in [2.24, 2.45) is 0 Å². The molecule has 2 rings (SSSR count). The molecule has 0 heterocycles. The molecule has 0 aliphatic rings. The maximum Gasteiger partial charge on any atom is 0.314 e. The number of ether oxygens (including phenoxy) is 1. The highest BCUT2D eigenvalue weighted by Gasteiger charge is 2.04. The van der Waals surface area contributed by atoms with Crippen molar-refractivity contribution in [2.45, 2.75) is 6.42 Å². The molecule has 0 bridgehead atoms. The van der Waals surface area contributed by atoms with Gasteiger partial charge in [-0.3, -0.25) is 0 Å². The highest BCUT2D eigenvalue weighted by Crippen LogP contribution is 2.15. The van der Waals surface area contributed by atoms with Gasteiger partial charge >= 0.3 is 6.03 Å². The van der Waals surface area contributed by atoms with Crippen LogP contribution in [-0.2, 0) is 6.42 Å². The number of hydrogen-bond donors (Lipinski definition) is 2. The first-order valence-corrected chi connectivity index (χ1v) is 7.76. The van der Waals surface area contributed by atoms with Crippen molar-refractivity contribution in [3.63, 3.8) is 0 Å². The molecular formula is C17H17ClF2N2O2.